The van der Waals surface area contributed by atoms with Crippen molar-refractivity contribution in [1.29, 1.82) is 0 Å². The van der Waals surface area contributed by atoms with E-state index in [4.69, 9.17) is 4.74 Å². The molecule has 0 atom stereocenters. The zero-order chi connectivity index (χ0) is 13.9. The summed E-state index contributed by atoms with van der Waals surface area (Å²) in [4.78, 5) is 15.8. The van der Waals surface area contributed by atoms with Crippen LogP contribution < -0.4 is 4.74 Å². The van der Waals surface area contributed by atoms with Crippen molar-refractivity contribution in [3.63, 3.8) is 0 Å². The lowest BCUT2D eigenvalue weighted by molar-refractivity contribution is 0.0693. The van der Waals surface area contributed by atoms with Crippen molar-refractivity contribution in [3.05, 3.63) is 36.0 Å². The van der Waals surface area contributed by atoms with E-state index in [1.54, 1.807) is 6.07 Å². The summed E-state index contributed by atoms with van der Waals surface area (Å²) < 4.78 is 5.75. The van der Waals surface area contributed by atoms with Gasteiger partial charge in [-0.1, -0.05) is 31.0 Å². The van der Waals surface area contributed by atoms with E-state index in [9.17, 15) is 9.90 Å². The van der Waals surface area contributed by atoms with Gasteiger partial charge in [-0.3, -0.25) is 4.98 Å². The smallest absolute Gasteiger partial charge is 0.340 e. The molecule has 1 aromatic heterocycles. The van der Waals surface area contributed by atoms with E-state index >= 15 is 0 Å². The largest absolute Gasteiger partial charge is 0.491 e. The number of nitrogens with zero attached hydrogens (tertiary/aromatic N) is 1. The number of carboxylic acid groups (broad SMARTS) is 1. The van der Waals surface area contributed by atoms with Gasteiger partial charge < -0.3 is 9.84 Å². The van der Waals surface area contributed by atoms with Crippen molar-refractivity contribution in [2.24, 2.45) is 5.92 Å². The number of aromatic carboxylic acids is 1. The first kappa shape index (κ1) is 12.9. The molecule has 1 fully saturated rings. The van der Waals surface area contributed by atoms with Gasteiger partial charge in [0.2, 0.25) is 0 Å². The van der Waals surface area contributed by atoms with Gasteiger partial charge in [0.05, 0.1) is 18.3 Å². The van der Waals surface area contributed by atoms with Crippen LogP contribution in [0.15, 0.2) is 30.5 Å². The van der Waals surface area contributed by atoms with E-state index in [0.29, 0.717) is 29.2 Å². The highest BCUT2D eigenvalue weighted by Gasteiger charge is 2.20. The minimum absolute atomic E-state index is 0.216. The Labute approximate surface area is 117 Å². The molecule has 4 nitrogen and oxygen atoms in total. The molecule has 0 unspecified atom stereocenters. The number of aromatic nitrogens is 1. The zero-order valence-corrected chi connectivity index (χ0v) is 11.2. The van der Waals surface area contributed by atoms with Gasteiger partial charge >= 0.3 is 5.97 Å². The molecule has 1 saturated carbocycles. The molecular weight excluding hydrogens is 254 g/mol. The van der Waals surface area contributed by atoms with Gasteiger partial charge in [-0.25, -0.2) is 4.79 Å². The van der Waals surface area contributed by atoms with Crippen LogP contribution in [-0.4, -0.2) is 22.7 Å². The van der Waals surface area contributed by atoms with Crippen LogP contribution in [0.25, 0.3) is 10.9 Å². The van der Waals surface area contributed by atoms with Gasteiger partial charge in [0, 0.05) is 5.39 Å². The van der Waals surface area contributed by atoms with Crippen LogP contribution >= 0.6 is 0 Å². The number of carbonyl (C=O) groups is 1. The summed E-state index contributed by atoms with van der Waals surface area (Å²) in [5, 5.41) is 10.1. The Kier molecular flexibility index (Phi) is 3.54. The van der Waals surface area contributed by atoms with E-state index in [0.717, 1.165) is 0 Å². The van der Waals surface area contributed by atoms with Crippen LogP contribution in [0, 0.1) is 5.92 Å². The summed E-state index contributed by atoms with van der Waals surface area (Å²) in [6.07, 6.45) is 6.36. The van der Waals surface area contributed by atoms with Crippen molar-refractivity contribution in [3.8, 4) is 5.75 Å². The molecule has 0 amide bonds. The van der Waals surface area contributed by atoms with E-state index in [2.05, 4.69) is 4.98 Å². The molecule has 1 aromatic carbocycles. The van der Waals surface area contributed by atoms with Gasteiger partial charge in [0.15, 0.2) is 5.75 Å². The monoisotopic (exact) mass is 271 g/mol. The van der Waals surface area contributed by atoms with E-state index in [1.165, 1.54) is 31.9 Å². The Hall–Kier alpha value is -2.10. The summed E-state index contributed by atoms with van der Waals surface area (Å²) in [5.41, 5.74) is 0.895. The minimum atomic E-state index is -0.968. The van der Waals surface area contributed by atoms with E-state index in [1.807, 2.05) is 18.2 Å². The summed E-state index contributed by atoms with van der Waals surface area (Å²) in [7, 11) is 0. The van der Waals surface area contributed by atoms with Crippen LogP contribution in [0.5, 0.6) is 5.75 Å². The second-order valence-electron chi connectivity index (χ2n) is 5.28. The third-order valence-electron chi connectivity index (χ3n) is 3.90. The van der Waals surface area contributed by atoms with Gasteiger partial charge in [-0.05, 0) is 24.8 Å². The third kappa shape index (κ3) is 2.46. The highest BCUT2D eigenvalue weighted by molar-refractivity contribution is 6.04. The molecule has 4 heteroatoms. The number of pyridine rings is 1. The summed E-state index contributed by atoms with van der Waals surface area (Å²) in [5.74, 6) is -0.0452. The molecule has 104 valence electrons. The number of hydrogen-bond donors (Lipinski definition) is 1. The minimum Gasteiger partial charge on any atom is -0.491 e. The number of fused-ring (bicyclic) bond motifs is 1. The number of para-hydroxylation sites is 1. The average Bonchev–Trinajstić information content (AvgIpc) is 2.97. The van der Waals surface area contributed by atoms with Crippen LogP contribution in [0.2, 0.25) is 0 Å². The van der Waals surface area contributed by atoms with Crippen LogP contribution in [0.4, 0.5) is 0 Å². The van der Waals surface area contributed by atoms with Gasteiger partial charge in [0.25, 0.3) is 0 Å². The predicted octanol–water partition coefficient (Wildman–Crippen LogP) is 3.50. The molecule has 1 aliphatic rings. The summed E-state index contributed by atoms with van der Waals surface area (Å²) >= 11 is 0. The first-order valence-corrected chi connectivity index (χ1v) is 6.99. The molecule has 20 heavy (non-hydrogen) atoms. The maximum Gasteiger partial charge on any atom is 0.340 e. The first-order chi connectivity index (χ1) is 9.75. The number of rotatable bonds is 4. The third-order valence-corrected chi connectivity index (χ3v) is 3.90. The Bertz CT molecular complexity index is 633. The molecule has 0 radical (unpaired) electrons. The van der Waals surface area contributed by atoms with Gasteiger partial charge in [0.1, 0.15) is 5.56 Å². The van der Waals surface area contributed by atoms with Crippen molar-refractivity contribution in [2.45, 2.75) is 25.7 Å². The Balaban J connectivity index is 1.92. The number of hydrogen-bond acceptors (Lipinski definition) is 3. The van der Waals surface area contributed by atoms with Gasteiger partial charge in [-0.15, -0.1) is 0 Å². The Morgan fingerprint density at radius 3 is 2.80 bits per heavy atom. The SMILES string of the molecule is O=C(O)c1c(OCC2CCCC2)cnc2ccccc12. The fourth-order valence-corrected chi connectivity index (χ4v) is 2.84. The molecule has 1 N–H and O–H groups in total. The summed E-state index contributed by atoms with van der Waals surface area (Å²) in [6, 6.07) is 7.24. The Morgan fingerprint density at radius 2 is 2.05 bits per heavy atom. The lowest BCUT2D eigenvalue weighted by Crippen LogP contribution is -2.11. The van der Waals surface area contributed by atoms with E-state index in [-0.39, 0.29) is 5.56 Å². The topological polar surface area (TPSA) is 59.4 Å². The fraction of sp³-hybridized carbons (Fsp3) is 0.375. The number of benzene rings is 1. The Morgan fingerprint density at radius 1 is 1.30 bits per heavy atom. The quantitative estimate of drug-likeness (QED) is 0.924. The van der Waals surface area contributed by atoms with E-state index < -0.39 is 5.97 Å². The van der Waals surface area contributed by atoms with Gasteiger partial charge in [-0.2, -0.15) is 0 Å². The molecule has 0 saturated heterocycles. The van der Waals surface area contributed by atoms with Crippen LogP contribution in [-0.2, 0) is 0 Å². The van der Waals surface area contributed by atoms with Crippen LogP contribution in [0.1, 0.15) is 36.0 Å². The van der Waals surface area contributed by atoms with Crippen molar-refractivity contribution in [2.75, 3.05) is 6.61 Å². The molecule has 3 rings (SSSR count). The van der Waals surface area contributed by atoms with Crippen molar-refractivity contribution < 1.29 is 14.6 Å². The number of ether oxygens (including phenoxy) is 1. The second kappa shape index (κ2) is 5.49. The number of carboxylic acids is 1. The normalized spacial score (nSPS) is 15.6. The maximum absolute atomic E-state index is 11.5. The lowest BCUT2D eigenvalue weighted by atomic mass is 10.1. The molecule has 2 aromatic rings. The highest BCUT2D eigenvalue weighted by Crippen LogP contribution is 2.29. The lowest BCUT2D eigenvalue weighted by Gasteiger charge is -2.14. The second-order valence-corrected chi connectivity index (χ2v) is 5.28. The maximum atomic E-state index is 11.5. The highest BCUT2D eigenvalue weighted by atomic mass is 16.5. The van der Waals surface area contributed by atoms with Crippen molar-refractivity contribution in [1.82, 2.24) is 4.98 Å². The first-order valence-electron chi connectivity index (χ1n) is 6.99. The predicted molar refractivity (Wildman–Crippen MR) is 76.2 cm³/mol. The fourth-order valence-electron chi connectivity index (χ4n) is 2.84. The standard InChI is InChI=1S/C16H17NO3/c18-16(19)15-12-7-3-4-8-13(12)17-9-14(15)20-10-11-5-1-2-6-11/h3-4,7-9,11H,1-2,5-6,10H2,(H,18,19). The summed E-state index contributed by atoms with van der Waals surface area (Å²) in [6.45, 7) is 0.584. The molecular formula is C16H17NO3. The molecule has 1 aliphatic carbocycles. The van der Waals surface area contributed by atoms with Crippen LogP contribution in [0.3, 0.4) is 0 Å². The molecule has 1 heterocycles. The molecule has 0 aliphatic heterocycles. The molecule has 0 spiro atoms. The average molecular weight is 271 g/mol. The van der Waals surface area contributed by atoms with Crippen molar-refractivity contribution >= 4 is 16.9 Å². The molecule has 0 bridgehead atoms. The zero-order valence-electron chi connectivity index (χ0n) is 11.2.